The summed E-state index contributed by atoms with van der Waals surface area (Å²) >= 11 is 0.863. The maximum Gasteiger partial charge on any atom is 0.294 e. The van der Waals surface area contributed by atoms with Gasteiger partial charge in [-0.3, -0.25) is 19.3 Å². The fourth-order valence-electron chi connectivity index (χ4n) is 4.46. The number of hydrogen-bond acceptors (Lipinski definition) is 5. The standard InChI is InChI=1S/C28H26N2O4S/c31-26(29-15-6-1-7-16-29)18-30-27(32)25(35-28(30)33)17-21-10-3-5-14-24(21)34-19-22-12-8-11-20-9-2-4-13-23(20)22/h2-5,8-14,17H,1,6-7,15-16,18-19H2/b25-17-. The van der Waals surface area contributed by atoms with Crippen LogP contribution in [-0.2, 0) is 16.2 Å². The molecule has 0 aromatic heterocycles. The second-order valence-electron chi connectivity index (χ2n) is 8.67. The zero-order valence-electron chi connectivity index (χ0n) is 19.3. The summed E-state index contributed by atoms with van der Waals surface area (Å²) in [5, 5.41) is 1.86. The Bertz CT molecular complexity index is 1310. The van der Waals surface area contributed by atoms with Gasteiger partial charge in [0.1, 0.15) is 18.9 Å². The number of imide groups is 1. The van der Waals surface area contributed by atoms with Crippen LogP contribution in [-0.4, -0.2) is 46.5 Å². The number of carbonyl (C=O) groups is 3. The summed E-state index contributed by atoms with van der Waals surface area (Å²) < 4.78 is 6.15. The van der Waals surface area contributed by atoms with Gasteiger partial charge >= 0.3 is 0 Å². The lowest BCUT2D eigenvalue weighted by molar-refractivity contribution is -0.136. The molecule has 7 heteroatoms. The Hall–Kier alpha value is -3.58. The summed E-state index contributed by atoms with van der Waals surface area (Å²) in [6, 6.07) is 21.7. The number of amides is 3. The van der Waals surface area contributed by atoms with E-state index in [0.717, 1.165) is 52.3 Å². The van der Waals surface area contributed by atoms with Crippen molar-refractivity contribution < 1.29 is 19.1 Å². The molecule has 3 aromatic carbocycles. The molecule has 3 amide bonds. The number of thioether (sulfide) groups is 1. The van der Waals surface area contributed by atoms with Gasteiger partial charge in [0.05, 0.1) is 4.91 Å². The smallest absolute Gasteiger partial charge is 0.294 e. The number of nitrogens with zero attached hydrogens (tertiary/aromatic N) is 2. The normalized spacial score (nSPS) is 17.4. The van der Waals surface area contributed by atoms with Crippen LogP contribution >= 0.6 is 11.8 Å². The number of para-hydroxylation sites is 1. The number of hydrogen-bond donors (Lipinski definition) is 0. The average Bonchev–Trinajstić information content (AvgIpc) is 3.16. The summed E-state index contributed by atoms with van der Waals surface area (Å²) in [7, 11) is 0. The van der Waals surface area contributed by atoms with E-state index < -0.39 is 11.1 Å². The van der Waals surface area contributed by atoms with Crippen molar-refractivity contribution in [2.24, 2.45) is 0 Å². The molecule has 0 saturated carbocycles. The highest BCUT2D eigenvalue weighted by molar-refractivity contribution is 8.18. The predicted molar refractivity (Wildman–Crippen MR) is 138 cm³/mol. The van der Waals surface area contributed by atoms with E-state index in [-0.39, 0.29) is 12.5 Å². The van der Waals surface area contributed by atoms with E-state index in [1.54, 1.807) is 11.0 Å². The second-order valence-corrected chi connectivity index (χ2v) is 9.67. The van der Waals surface area contributed by atoms with Crippen LogP contribution < -0.4 is 4.74 Å². The molecular weight excluding hydrogens is 460 g/mol. The summed E-state index contributed by atoms with van der Waals surface area (Å²) in [4.78, 5) is 41.2. The first kappa shape index (κ1) is 23.2. The largest absolute Gasteiger partial charge is 0.488 e. The van der Waals surface area contributed by atoms with Crippen molar-refractivity contribution >= 4 is 45.7 Å². The molecule has 0 aliphatic carbocycles. The van der Waals surface area contributed by atoms with Crippen LogP contribution in [0.3, 0.4) is 0 Å². The van der Waals surface area contributed by atoms with Gasteiger partial charge in [-0.1, -0.05) is 60.7 Å². The highest BCUT2D eigenvalue weighted by Gasteiger charge is 2.37. The van der Waals surface area contributed by atoms with Crippen LogP contribution in [0.15, 0.2) is 71.6 Å². The first-order valence-electron chi connectivity index (χ1n) is 11.8. The van der Waals surface area contributed by atoms with E-state index in [4.69, 9.17) is 4.74 Å². The van der Waals surface area contributed by atoms with Gasteiger partial charge in [0, 0.05) is 18.7 Å². The lowest BCUT2D eigenvalue weighted by atomic mass is 10.1. The molecule has 3 aromatic rings. The summed E-state index contributed by atoms with van der Waals surface area (Å²) in [5.74, 6) is 0.0120. The number of benzene rings is 3. The lowest BCUT2D eigenvalue weighted by Gasteiger charge is -2.27. The van der Waals surface area contributed by atoms with Crippen molar-refractivity contribution in [1.82, 2.24) is 9.80 Å². The molecule has 2 aliphatic heterocycles. The average molecular weight is 487 g/mol. The highest BCUT2D eigenvalue weighted by atomic mass is 32.2. The van der Waals surface area contributed by atoms with Crippen molar-refractivity contribution in [3.05, 3.63) is 82.8 Å². The van der Waals surface area contributed by atoms with Crippen molar-refractivity contribution in [3.63, 3.8) is 0 Å². The van der Waals surface area contributed by atoms with Crippen molar-refractivity contribution in [2.75, 3.05) is 19.6 Å². The second kappa shape index (κ2) is 10.4. The van der Waals surface area contributed by atoms with E-state index >= 15 is 0 Å². The van der Waals surface area contributed by atoms with Gasteiger partial charge in [0.15, 0.2) is 0 Å². The Morgan fingerprint density at radius 1 is 0.914 bits per heavy atom. The third-order valence-electron chi connectivity index (χ3n) is 6.34. The number of ether oxygens (including phenoxy) is 1. The van der Waals surface area contributed by atoms with Gasteiger partial charge in [-0.05, 0) is 59.5 Å². The number of rotatable bonds is 6. The molecule has 0 spiro atoms. The van der Waals surface area contributed by atoms with E-state index in [9.17, 15) is 14.4 Å². The third kappa shape index (κ3) is 5.10. The number of likely N-dealkylation sites (tertiary alicyclic amines) is 1. The summed E-state index contributed by atoms with van der Waals surface area (Å²) in [5.41, 5.74) is 1.77. The number of carbonyl (C=O) groups excluding carboxylic acids is 3. The van der Waals surface area contributed by atoms with Crippen LogP contribution in [0, 0.1) is 0 Å². The van der Waals surface area contributed by atoms with Crippen molar-refractivity contribution in [2.45, 2.75) is 25.9 Å². The molecule has 2 heterocycles. The van der Waals surface area contributed by atoms with Gasteiger partial charge in [-0.25, -0.2) is 0 Å². The zero-order valence-corrected chi connectivity index (χ0v) is 20.1. The highest BCUT2D eigenvalue weighted by Crippen LogP contribution is 2.34. The molecule has 6 nitrogen and oxygen atoms in total. The minimum Gasteiger partial charge on any atom is -0.488 e. The third-order valence-corrected chi connectivity index (χ3v) is 7.25. The minimum atomic E-state index is -0.436. The molecule has 2 fully saturated rings. The Morgan fingerprint density at radius 3 is 2.51 bits per heavy atom. The van der Waals surface area contributed by atoms with Crippen molar-refractivity contribution in [1.29, 1.82) is 0 Å². The fraction of sp³-hybridized carbons (Fsp3) is 0.250. The molecule has 178 valence electrons. The topological polar surface area (TPSA) is 66.9 Å². The van der Waals surface area contributed by atoms with E-state index in [0.29, 0.717) is 35.9 Å². The van der Waals surface area contributed by atoms with Crippen LogP contribution in [0.5, 0.6) is 5.75 Å². The van der Waals surface area contributed by atoms with E-state index in [2.05, 4.69) is 18.2 Å². The van der Waals surface area contributed by atoms with Gasteiger partial charge in [-0.15, -0.1) is 0 Å². The monoisotopic (exact) mass is 486 g/mol. The number of piperidine rings is 1. The molecular formula is C28H26N2O4S. The van der Waals surface area contributed by atoms with Gasteiger partial charge in [0.25, 0.3) is 11.1 Å². The van der Waals surface area contributed by atoms with Gasteiger partial charge < -0.3 is 9.64 Å². The lowest BCUT2D eigenvalue weighted by Crippen LogP contribution is -2.44. The molecule has 2 aliphatic rings. The number of fused-ring (bicyclic) bond motifs is 1. The predicted octanol–water partition coefficient (Wildman–Crippen LogP) is 5.47. The SMILES string of the molecule is O=C(CN1C(=O)S/C(=C\c2ccccc2OCc2cccc3ccccc23)C1=O)N1CCCCC1. The van der Waals surface area contributed by atoms with Crippen molar-refractivity contribution in [3.8, 4) is 5.75 Å². The molecule has 0 radical (unpaired) electrons. The van der Waals surface area contributed by atoms with Gasteiger partial charge in [0.2, 0.25) is 5.91 Å². The first-order valence-corrected chi connectivity index (χ1v) is 12.6. The van der Waals surface area contributed by atoms with E-state index in [1.165, 1.54) is 0 Å². The Morgan fingerprint density at radius 2 is 1.66 bits per heavy atom. The van der Waals surface area contributed by atoms with E-state index in [1.807, 2.05) is 48.5 Å². The van der Waals surface area contributed by atoms with Crippen LogP contribution in [0.1, 0.15) is 30.4 Å². The fourth-order valence-corrected chi connectivity index (χ4v) is 5.29. The Kier molecular flexibility index (Phi) is 6.86. The van der Waals surface area contributed by atoms with Crippen LogP contribution in [0.25, 0.3) is 16.8 Å². The molecule has 0 atom stereocenters. The minimum absolute atomic E-state index is 0.174. The molecule has 2 saturated heterocycles. The van der Waals surface area contributed by atoms with Gasteiger partial charge in [-0.2, -0.15) is 0 Å². The molecule has 0 bridgehead atoms. The maximum atomic E-state index is 13.0. The first-order chi connectivity index (χ1) is 17.1. The molecule has 5 rings (SSSR count). The molecule has 0 N–H and O–H groups in total. The quantitative estimate of drug-likeness (QED) is 0.433. The summed E-state index contributed by atoms with van der Waals surface area (Å²) in [6.45, 7) is 1.54. The van der Waals surface area contributed by atoms with Crippen LogP contribution in [0.4, 0.5) is 4.79 Å². The summed E-state index contributed by atoms with van der Waals surface area (Å²) in [6.07, 6.45) is 4.71. The van der Waals surface area contributed by atoms with Crippen LogP contribution in [0.2, 0.25) is 0 Å². The Balaban J connectivity index is 1.31. The zero-order chi connectivity index (χ0) is 24.2. The Labute approximate surface area is 208 Å². The molecule has 35 heavy (non-hydrogen) atoms. The molecule has 0 unspecified atom stereocenters. The maximum absolute atomic E-state index is 13.0.